The highest BCUT2D eigenvalue weighted by molar-refractivity contribution is 7.14. The first-order chi connectivity index (χ1) is 12.8. The third-order valence-electron chi connectivity index (χ3n) is 3.98. The van der Waals surface area contributed by atoms with E-state index in [-0.39, 0.29) is 34.8 Å². The molecule has 6 nitrogen and oxygen atoms in total. The Balaban J connectivity index is 1.54. The maximum absolute atomic E-state index is 13.3. The standard InChI is InChI=1S/C17H15F3N2O4S/c1-8(23)12-7-27-17(21-12)22-15(24)9-4-11(5-9)25-14-6-10(18)2-3-13(14)26-16(19)20/h2-3,6-7,9,11,16H,4-5H2,1H3,(H,21,22,24). The number of halogens is 3. The van der Waals surface area contributed by atoms with Gasteiger partial charge in [-0.05, 0) is 25.0 Å². The highest BCUT2D eigenvalue weighted by atomic mass is 32.1. The summed E-state index contributed by atoms with van der Waals surface area (Å²) < 4.78 is 48.0. The molecule has 3 rings (SSSR count). The molecule has 0 atom stereocenters. The summed E-state index contributed by atoms with van der Waals surface area (Å²) in [5, 5.41) is 4.51. The first-order valence-electron chi connectivity index (χ1n) is 8.00. The van der Waals surface area contributed by atoms with E-state index in [0.717, 1.165) is 29.5 Å². The van der Waals surface area contributed by atoms with Gasteiger partial charge in [-0.1, -0.05) is 0 Å². The minimum absolute atomic E-state index is 0.134. The number of hydrogen-bond acceptors (Lipinski definition) is 6. The van der Waals surface area contributed by atoms with E-state index in [2.05, 4.69) is 15.0 Å². The Morgan fingerprint density at radius 2 is 2.04 bits per heavy atom. The van der Waals surface area contributed by atoms with Gasteiger partial charge in [-0.3, -0.25) is 9.59 Å². The lowest BCUT2D eigenvalue weighted by molar-refractivity contribution is -0.125. The molecule has 0 unspecified atom stereocenters. The second-order valence-corrected chi connectivity index (χ2v) is 6.82. The molecule has 0 radical (unpaired) electrons. The van der Waals surface area contributed by atoms with Crippen molar-refractivity contribution in [2.75, 3.05) is 5.32 Å². The molecule has 0 bridgehead atoms. The summed E-state index contributed by atoms with van der Waals surface area (Å²) in [6.45, 7) is -1.68. The average molecular weight is 400 g/mol. The second-order valence-electron chi connectivity index (χ2n) is 5.96. The zero-order valence-electron chi connectivity index (χ0n) is 14.1. The number of ether oxygens (including phenoxy) is 2. The molecule has 2 aromatic rings. The van der Waals surface area contributed by atoms with Crippen LogP contribution in [-0.4, -0.2) is 29.4 Å². The second kappa shape index (κ2) is 7.95. The molecule has 0 spiro atoms. The molecule has 1 saturated carbocycles. The highest BCUT2D eigenvalue weighted by Crippen LogP contribution is 2.37. The molecule has 0 aliphatic heterocycles. The molecule has 1 aliphatic rings. The molecule has 1 amide bonds. The molecule has 27 heavy (non-hydrogen) atoms. The number of nitrogens with zero attached hydrogens (tertiary/aromatic N) is 1. The van der Waals surface area contributed by atoms with Crippen LogP contribution < -0.4 is 14.8 Å². The number of benzene rings is 1. The van der Waals surface area contributed by atoms with Gasteiger partial charge in [-0.15, -0.1) is 11.3 Å². The number of anilines is 1. The molecule has 0 saturated heterocycles. The topological polar surface area (TPSA) is 77.5 Å². The van der Waals surface area contributed by atoms with Crippen LogP contribution in [0.5, 0.6) is 11.5 Å². The summed E-state index contributed by atoms with van der Waals surface area (Å²) in [6.07, 6.45) is 0.245. The SMILES string of the molecule is CC(=O)c1csc(NC(=O)C2CC(Oc3cc(F)ccc3OC(F)F)C2)n1. The van der Waals surface area contributed by atoms with Crippen LogP contribution in [0, 0.1) is 11.7 Å². The lowest BCUT2D eigenvalue weighted by Crippen LogP contribution is -2.40. The smallest absolute Gasteiger partial charge is 0.387 e. The van der Waals surface area contributed by atoms with Gasteiger partial charge < -0.3 is 14.8 Å². The number of carbonyl (C=O) groups excluding carboxylic acids is 2. The number of rotatable bonds is 7. The number of amides is 1. The molecule has 10 heteroatoms. The number of hydrogen-bond donors (Lipinski definition) is 1. The van der Waals surface area contributed by atoms with Crippen molar-refractivity contribution in [3.05, 3.63) is 35.1 Å². The molecular weight excluding hydrogens is 385 g/mol. The first-order valence-corrected chi connectivity index (χ1v) is 8.88. The third-order valence-corrected chi connectivity index (χ3v) is 4.73. The van der Waals surface area contributed by atoms with Crippen molar-refractivity contribution < 1.29 is 32.2 Å². The molecule has 1 aliphatic carbocycles. The van der Waals surface area contributed by atoms with Gasteiger partial charge in [-0.25, -0.2) is 9.37 Å². The van der Waals surface area contributed by atoms with Crippen molar-refractivity contribution in [3.63, 3.8) is 0 Å². The Morgan fingerprint density at radius 1 is 1.30 bits per heavy atom. The third kappa shape index (κ3) is 4.76. The maximum Gasteiger partial charge on any atom is 0.387 e. The summed E-state index contributed by atoms with van der Waals surface area (Å²) in [5.41, 5.74) is 0.280. The lowest BCUT2D eigenvalue weighted by atomic mass is 9.81. The van der Waals surface area contributed by atoms with Crippen LogP contribution in [0.3, 0.4) is 0 Å². The van der Waals surface area contributed by atoms with Crippen molar-refractivity contribution >= 4 is 28.2 Å². The number of nitrogens with one attached hydrogen (secondary N) is 1. The number of thiazole rings is 1. The van der Waals surface area contributed by atoms with Crippen LogP contribution >= 0.6 is 11.3 Å². The maximum atomic E-state index is 13.3. The Kier molecular flexibility index (Phi) is 5.64. The summed E-state index contributed by atoms with van der Waals surface area (Å²) in [6, 6.07) is 3.02. The van der Waals surface area contributed by atoms with E-state index in [0.29, 0.717) is 18.0 Å². The van der Waals surface area contributed by atoms with Crippen molar-refractivity contribution in [2.45, 2.75) is 32.5 Å². The van der Waals surface area contributed by atoms with Crippen LogP contribution in [0.2, 0.25) is 0 Å². The summed E-state index contributed by atoms with van der Waals surface area (Å²) in [5.74, 6) is -1.87. The van der Waals surface area contributed by atoms with E-state index < -0.39 is 18.5 Å². The molecular formula is C17H15F3N2O4S. The van der Waals surface area contributed by atoms with Crippen LogP contribution in [0.25, 0.3) is 0 Å². The van der Waals surface area contributed by atoms with Crippen molar-refractivity contribution in [3.8, 4) is 11.5 Å². The van der Waals surface area contributed by atoms with E-state index >= 15 is 0 Å². The van der Waals surface area contributed by atoms with E-state index in [4.69, 9.17) is 4.74 Å². The molecule has 1 heterocycles. The molecule has 1 aromatic carbocycles. The van der Waals surface area contributed by atoms with Gasteiger partial charge in [-0.2, -0.15) is 8.78 Å². The molecule has 1 fully saturated rings. The fourth-order valence-corrected chi connectivity index (χ4v) is 3.28. The van der Waals surface area contributed by atoms with E-state index in [9.17, 15) is 22.8 Å². The van der Waals surface area contributed by atoms with Crippen molar-refractivity contribution in [1.29, 1.82) is 0 Å². The Hall–Kier alpha value is -2.62. The van der Waals surface area contributed by atoms with Crippen LogP contribution in [0.4, 0.5) is 18.3 Å². The number of Topliss-reactive ketones (excluding diaryl/α,β-unsaturated/α-hetero) is 1. The fourth-order valence-electron chi connectivity index (χ4n) is 2.52. The minimum Gasteiger partial charge on any atom is -0.486 e. The Bertz CT molecular complexity index is 852. The zero-order chi connectivity index (χ0) is 19.6. The Labute approximate surface area is 156 Å². The minimum atomic E-state index is -3.06. The predicted octanol–water partition coefficient (Wildman–Crippen LogP) is 3.88. The van der Waals surface area contributed by atoms with E-state index in [1.807, 2.05) is 0 Å². The normalized spacial score (nSPS) is 18.7. The molecule has 1 N–H and O–H groups in total. The van der Waals surface area contributed by atoms with Gasteiger partial charge in [0.25, 0.3) is 0 Å². The van der Waals surface area contributed by atoms with Gasteiger partial charge >= 0.3 is 6.61 Å². The van der Waals surface area contributed by atoms with Crippen molar-refractivity contribution in [2.24, 2.45) is 5.92 Å². The summed E-state index contributed by atoms with van der Waals surface area (Å²) in [7, 11) is 0. The number of alkyl halides is 2. The number of ketones is 1. The summed E-state index contributed by atoms with van der Waals surface area (Å²) >= 11 is 1.15. The van der Waals surface area contributed by atoms with Crippen molar-refractivity contribution in [1.82, 2.24) is 4.98 Å². The first kappa shape index (κ1) is 19.2. The van der Waals surface area contributed by atoms with Gasteiger partial charge in [0.1, 0.15) is 17.6 Å². The Morgan fingerprint density at radius 3 is 2.67 bits per heavy atom. The van der Waals surface area contributed by atoms with Gasteiger partial charge in [0.15, 0.2) is 22.4 Å². The number of aromatic nitrogens is 1. The summed E-state index contributed by atoms with van der Waals surface area (Å²) in [4.78, 5) is 27.4. The van der Waals surface area contributed by atoms with Crippen LogP contribution in [0.1, 0.15) is 30.3 Å². The fraction of sp³-hybridized carbons (Fsp3) is 0.353. The largest absolute Gasteiger partial charge is 0.486 e. The average Bonchev–Trinajstić information content (AvgIpc) is 3.01. The highest BCUT2D eigenvalue weighted by Gasteiger charge is 2.37. The van der Waals surface area contributed by atoms with Gasteiger partial charge in [0.05, 0.1) is 0 Å². The van der Waals surface area contributed by atoms with Gasteiger partial charge in [0.2, 0.25) is 5.91 Å². The monoisotopic (exact) mass is 400 g/mol. The number of carbonyl (C=O) groups is 2. The van der Waals surface area contributed by atoms with Gasteiger partial charge in [0, 0.05) is 24.3 Å². The van der Waals surface area contributed by atoms with E-state index in [1.54, 1.807) is 5.38 Å². The van der Waals surface area contributed by atoms with Crippen LogP contribution in [0.15, 0.2) is 23.6 Å². The molecule has 144 valence electrons. The van der Waals surface area contributed by atoms with E-state index in [1.165, 1.54) is 6.92 Å². The molecule has 1 aromatic heterocycles. The zero-order valence-corrected chi connectivity index (χ0v) is 14.9. The lowest BCUT2D eigenvalue weighted by Gasteiger charge is -2.34. The quantitative estimate of drug-likeness (QED) is 0.714. The van der Waals surface area contributed by atoms with Crippen LogP contribution in [-0.2, 0) is 4.79 Å². The predicted molar refractivity (Wildman–Crippen MR) is 90.9 cm³/mol.